The van der Waals surface area contributed by atoms with Crippen LogP contribution in [0.5, 0.6) is 0 Å². The lowest BCUT2D eigenvalue weighted by Crippen LogP contribution is -2.19. The highest BCUT2D eigenvalue weighted by Gasteiger charge is 2.17. The van der Waals surface area contributed by atoms with E-state index in [4.69, 9.17) is 5.73 Å². The molecule has 0 bridgehead atoms. The van der Waals surface area contributed by atoms with Crippen LogP contribution in [0.2, 0.25) is 0 Å². The van der Waals surface area contributed by atoms with E-state index in [1.54, 1.807) is 6.20 Å². The van der Waals surface area contributed by atoms with Gasteiger partial charge in [0.15, 0.2) is 0 Å². The zero-order valence-corrected chi connectivity index (χ0v) is 11.8. The molecule has 1 atom stereocenters. The molecule has 0 amide bonds. The van der Waals surface area contributed by atoms with Gasteiger partial charge in [-0.15, -0.1) is 0 Å². The van der Waals surface area contributed by atoms with Crippen molar-refractivity contribution < 1.29 is 0 Å². The summed E-state index contributed by atoms with van der Waals surface area (Å²) < 4.78 is 4.84. The molecule has 2 N–H and O–H groups in total. The number of hydrogen-bond donors (Lipinski definition) is 1. The van der Waals surface area contributed by atoms with Gasteiger partial charge in [0.1, 0.15) is 5.82 Å². The third-order valence-corrected chi connectivity index (χ3v) is 3.90. The zero-order chi connectivity index (χ0) is 12.6. The van der Waals surface area contributed by atoms with Crippen LogP contribution in [0.1, 0.15) is 23.3 Å². The quantitative estimate of drug-likeness (QED) is 0.933. The second-order valence-electron chi connectivity index (χ2n) is 4.18. The molecular formula is C11H16BrN5. The van der Waals surface area contributed by atoms with E-state index >= 15 is 0 Å². The largest absolute Gasteiger partial charge is 0.337 e. The SMILES string of the molecule is Cc1nn(C)c(CC(N)c2nccn2C)c1Br. The highest BCUT2D eigenvalue weighted by atomic mass is 79.9. The Balaban J connectivity index is 2.24. The predicted molar refractivity (Wildman–Crippen MR) is 69.5 cm³/mol. The Morgan fingerprint density at radius 2 is 2.18 bits per heavy atom. The van der Waals surface area contributed by atoms with Gasteiger partial charge >= 0.3 is 0 Å². The van der Waals surface area contributed by atoms with E-state index < -0.39 is 0 Å². The van der Waals surface area contributed by atoms with Gasteiger partial charge < -0.3 is 10.3 Å². The summed E-state index contributed by atoms with van der Waals surface area (Å²) >= 11 is 3.55. The molecule has 1 unspecified atom stereocenters. The van der Waals surface area contributed by atoms with Gasteiger partial charge in [0.05, 0.1) is 21.9 Å². The van der Waals surface area contributed by atoms with Crippen molar-refractivity contribution in [3.63, 3.8) is 0 Å². The molecule has 2 heterocycles. The number of aromatic nitrogens is 4. The van der Waals surface area contributed by atoms with Crippen LogP contribution >= 0.6 is 15.9 Å². The van der Waals surface area contributed by atoms with Crippen LogP contribution in [0.4, 0.5) is 0 Å². The first-order chi connectivity index (χ1) is 8.00. The fourth-order valence-corrected chi connectivity index (χ4v) is 2.43. The second-order valence-corrected chi connectivity index (χ2v) is 4.97. The number of hydrogen-bond acceptors (Lipinski definition) is 3. The normalized spacial score (nSPS) is 13.0. The van der Waals surface area contributed by atoms with Gasteiger partial charge in [0.25, 0.3) is 0 Å². The van der Waals surface area contributed by atoms with E-state index in [1.165, 1.54) is 0 Å². The van der Waals surface area contributed by atoms with Crippen molar-refractivity contribution in [1.29, 1.82) is 0 Å². The Kier molecular flexibility index (Phi) is 3.35. The lowest BCUT2D eigenvalue weighted by Gasteiger charge is -2.12. The maximum absolute atomic E-state index is 6.17. The zero-order valence-electron chi connectivity index (χ0n) is 10.2. The lowest BCUT2D eigenvalue weighted by molar-refractivity contribution is 0.593. The minimum atomic E-state index is -0.124. The maximum Gasteiger partial charge on any atom is 0.125 e. The van der Waals surface area contributed by atoms with Crippen molar-refractivity contribution in [2.75, 3.05) is 0 Å². The molecule has 2 aromatic heterocycles. The van der Waals surface area contributed by atoms with Crippen LogP contribution in [0.25, 0.3) is 0 Å². The van der Waals surface area contributed by atoms with Gasteiger partial charge in [-0.3, -0.25) is 4.68 Å². The van der Waals surface area contributed by atoms with Crippen LogP contribution in [0.15, 0.2) is 16.9 Å². The molecule has 5 nitrogen and oxygen atoms in total. The molecule has 0 aromatic carbocycles. The number of imidazole rings is 1. The number of halogens is 1. The van der Waals surface area contributed by atoms with Gasteiger partial charge in [-0.2, -0.15) is 5.10 Å². The molecular weight excluding hydrogens is 282 g/mol. The number of aryl methyl sites for hydroxylation is 3. The van der Waals surface area contributed by atoms with Crippen LogP contribution < -0.4 is 5.73 Å². The molecule has 17 heavy (non-hydrogen) atoms. The minimum Gasteiger partial charge on any atom is -0.337 e. The van der Waals surface area contributed by atoms with E-state index in [1.807, 2.05) is 36.5 Å². The van der Waals surface area contributed by atoms with Gasteiger partial charge in [0, 0.05) is 32.9 Å². The average Bonchev–Trinajstić information content (AvgIpc) is 2.78. The standard InChI is InChI=1S/C11H16BrN5/c1-7-10(12)9(17(3)15-7)6-8(13)11-14-4-5-16(11)2/h4-5,8H,6,13H2,1-3H3. The lowest BCUT2D eigenvalue weighted by atomic mass is 10.1. The molecule has 0 saturated heterocycles. The van der Waals surface area contributed by atoms with Crippen molar-refractivity contribution in [1.82, 2.24) is 19.3 Å². The van der Waals surface area contributed by atoms with Crippen molar-refractivity contribution in [3.8, 4) is 0 Å². The van der Waals surface area contributed by atoms with E-state index in [2.05, 4.69) is 26.0 Å². The number of nitrogens with two attached hydrogens (primary N) is 1. The Hall–Kier alpha value is -1.14. The summed E-state index contributed by atoms with van der Waals surface area (Å²) in [7, 11) is 3.88. The summed E-state index contributed by atoms with van der Waals surface area (Å²) in [4.78, 5) is 4.27. The Bertz CT molecular complexity index is 528. The summed E-state index contributed by atoms with van der Waals surface area (Å²) in [6, 6.07) is -0.124. The molecule has 2 aromatic rings. The first-order valence-corrected chi connectivity index (χ1v) is 6.20. The highest BCUT2D eigenvalue weighted by molar-refractivity contribution is 9.10. The van der Waals surface area contributed by atoms with E-state index in [0.29, 0.717) is 6.42 Å². The summed E-state index contributed by atoms with van der Waals surface area (Å²) in [6.07, 6.45) is 4.38. The van der Waals surface area contributed by atoms with Gasteiger partial charge in [-0.05, 0) is 22.9 Å². The average molecular weight is 298 g/mol. The van der Waals surface area contributed by atoms with Crippen LogP contribution in [0.3, 0.4) is 0 Å². The summed E-state index contributed by atoms with van der Waals surface area (Å²) in [5.41, 5.74) is 8.25. The summed E-state index contributed by atoms with van der Waals surface area (Å²) in [5.74, 6) is 0.885. The highest BCUT2D eigenvalue weighted by Crippen LogP contribution is 2.24. The van der Waals surface area contributed by atoms with Crippen molar-refractivity contribution in [2.45, 2.75) is 19.4 Å². The molecule has 6 heteroatoms. The molecule has 0 saturated carbocycles. The van der Waals surface area contributed by atoms with Crippen molar-refractivity contribution in [3.05, 3.63) is 34.1 Å². The van der Waals surface area contributed by atoms with E-state index in [-0.39, 0.29) is 6.04 Å². The van der Waals surface area contributed by atoms with E-state index in [0.717, 1.165) is 21.7 Å². The molecule has 92 valence electrons. The first-order valence-electron chi connectivity index (χ1n) is 5.41. The van der Waals surface area contributed by atoms with E-state index in [9.17, 15) is 0 Å². The van der Waals surface area contributed by atoms with Crippen LogP contribution in [-0.4, -0.2) is 19.3 Å². The summed E-state index contributed by atoms with van der Waals surface area (Å²) in [6.45, 7) is 1.97. The predicted octanol–water partition coefficient (Wildman–Crippen LogP) is 1.47. The smallest absolute Gasteiger partial charge is 0.125 e. The number of nitrogens with zero attached hydrogens (tertiary/aromatic N) is 4. The molecule has 0 aliphatic heterocycles. The van der Waals surface area contributed by atoms with Gasteiger partial charge in [0.2, 0.25) is 0 Å². The maximum atomic E-state index is 6.17. The first kappa shape index (κ1) is 12.3. The van der Waals surface area contributed by atoms with Crippen molar-refractivity contribution in [2.24, 2.45) is 19.8 Å². The molecule has 2 rings (SSSR count). The molecule has 0 aliphatic rings. The topological polar surface area (TPSA) is 61.7 Å². The Labute approximate surface area is 109 Å². The molecule has 0 spiro atoms. The third kappa shape index (κ3) is 2.28. The van der Waals surface area contributed by atoms with Crippen LogP contribution in [-0.2, 0) is 20.5 Å². The molecule has 0 fully saturated rings. The third-order valence-electron chi connectivity index (χ3n) is 2.86. The van der Waals surface area contributed by atoms with Crippen LogP contribution in [0, 0.1) is 6.92 Å². The Morgan fingerprint density at radius 1 is 1.47 bits per heavy atom. The Morgan fingerprint density at radius 3 is 2.65 bits per heavy atom. The monoisotopic (exact) mass is 297 g/mol. The fraction of sp³-hybridized carbons (Fsp3) is 0.455. The number of rotatable bonds is 3. The molecule has 0 aliphatic carbocycles. The van der Waals surface area contributed by atoms with Crippen molar-refractivity contribution >= 4 is 15.9 Å². The minimum absolute atomic E-state index is 0.124. The summed E-state index contributed by atoms with van der Waals surface area (Å²) in [5, 5.41) is 4.35. The molecule has 0 radical (unpaired) electrons. The second kappa shape index (κ2) is 4.62. The van der Waals surface area contributed by atoms with Gasteiger partial charge in [-0.25, -0.2) is 4.98 Å². The van der Waals surface area contributed by atoms with Gasteiger partial charge in [-0.1, -0.05) is 0 Å². The fourth-order valence-electron chi connectivity index (χ4n) is 1.94.